The second-order valence-corrected chi connectivity index (χ2v) is 8.60. The predicted octanol–water partition coefficient (Wildman–Crippen LogP) is 2.80. The molecule has 0 atom stereocenters. The van der Waals surface area contributed by atoms with Gasteiger partial charge in [-0.05, 0) is 36.9 Å². The number of thioether (sulfide) groups is 1. The quantitative estimate of drug-likeness (QED) is 0.812. The lowest BCUT2D eigenvalue weighted by molar-refractivity contribution is -0.115. The topological polar surface area (TPSA) is 64.7 Å². The monoisotopic (exact) mass is 410 g/mol. The zero-order valence-electron chi connectivity index (χ0n) is 16.6. The first kappa shape index (κ1) is 19.8. The third kappa shape index (κ3) is 4.74. The summed E-state index contributed by atoms with van der Waals surface area (Å²) in [5, 5.41) is 5.94. The number of fused-ring (bicyclic) bond motifs is 1. The summed E-state index contributed by atoms with van der Waals surface area (Å²) in [6, 6.07) is 13.8. The van der Waals surface area contributed by atoms with E-state index < -0.39 is 0 Å². The summed E-state index contributed by atoms with van der Waals surface area (Å²) in [5.74, 6) is 0.618. The Hall–Kier alpha value is -2.51. The molecular formula is C22H26N4O2S. The van der Waals surface area contributed by atoms with Crippen LogP contribution in [0.2, 0.25) is 0 Å². The average Bonchev–Trinajstić information content (AvgIpc) is 2.92. The molecule has 0 radical (unpaired) electrons. The lowest BCUT2D eigenvalue weighted by Crippen LogP contribution is -2.45. The van der Waals surface area contributed by atoms with Crippen LogP contribution in [-0.2, 0) is 11.3 Å². The van der Waals surface area contributed by atoms with E-state index in [4.69, 9.17) is 0 Å². The molecule has 2 aliphatic heterocycles. The van der Waals surface area contributed by atoms with Crippen LogP contribution >= 0.6 is 11.8 Å². The van der Waals surface area contributed by atoms with Gasteiger partial charge in [-0.1, -0.05) is 18.2 Å². The zero-order valence-corrected chi connectivity index (χ0v) is 17.4. The highest BCUT2D eigenvalue weighted by atomic mass is 32.2. The molecule has 2 N–H and O–H groups in total. The van der Waals surface area contributed by atoms with E-state index >= 15 is 0 Å². The van der Waals surface area contributed by atoms with Crippen LogP contribution in [0.25, 0.3) is 0 Å². The first-order chi connectivity index (χ1) is 14.1. The molecule has 0 saturated carbocycles. The maximum atomic E-state index is 12.8. The number of anilines is 2. The maximum absolute atomic E-state index is 12.8. The van der Waals surface area contributed by atoms with Crippen LogP contribution in [0.3, 0.4) is 0 Å². The highest BCUT2D eigenvalue weighted by Gasteiger charge is 2.18. The minimum Gasteiger partial charge on any atom is -0.369 e. The van der Waals surface area contributed by atoms with E-state index in [1.54, 1.807) is 17.8 Å². The fourth-order valence-corrected chi connectivity index (χ4v) is 4.59. The van der Waals surface area contributed by atoms with Gasteiger partial charge in [0, 0.05) is 61.0 Å². The van der Waals surface area contributed by atoms with Gasteiger partial charge in [-0.2, -0.15) is 0 Å². The predicted molar refractivity (Wildman–Crippen MR) is 118 cm³/mol. The number of piperazine rings is 1. The Kier molecular flexibility index (Phi) is 6.06. The molecule has 2 amide bonds. The summed E-state index contributed by atoms with van der Waals surface area (Å²) in [4.78, 5) is 30.3. The van der Waals surface area contributed by atoms with Gasteiger partial charge in [-0.3, -0.25) is 9.59 Å². The number of nitrogens with zero attached hydrogens (tertiary/aromatic N) is 2. The summed E-state index contributed by atoms with van der Waals surface area (Å²) < 4.78 is 0. The van der Waals surface area contributed by atoms with E-state index in [0.717, 1.165) is 48.1 Å². The molecule has 1 fully saturated rings. The second-order valence-electron chi connectivity index (χ2n) is 7.46. The molecule has 0 unspecified atom stereocenters. The number of rotatable bonds is 4. The first-order valence-corrected chi connectivity index (χ1v) is 10.9. The number of hydrogen-bond donors (Lipinski definition) is 2. The SMILES string of the molecule is CN1CCN(c2ccccc2CNC(=O)c2ccc3c(c2)NC(=O)CCS3)CC1. The molecule has 2 aromatic rings. The molecule has 0 spiro atoms. The summed E-state index contributed by atoms with van der Waals surface area (Å²) in [5.41, 5.74) is 3.59. The molecule has 7 heteroatoms. The van der Waals surface area contributed by atoms with Crippen LogP contribution in [0, 0.1) is 0 Å². The van der Waals surface area contributed by atoms with Gasteiger partial charge < -0.3 is 20.4 Å². The Bertz CT molecular complexity index is 909. The van der Waals surface area contributed by atoms with Crippen LogP contribution in [0.4, 0.5) is 11.4 Å². The molecule has 29 heavy (non-hydrogen) atoms. The number of amides is 2. The van der Waals surface area contributed by atoms with E-state index in [0.29, 0.717) is 18.5 Å². The zero-order chi connectivity index (χ0) is 20.2. The van der Waals surface area contributed by atoms with Gasteiger partial charge >= 0.3 is 0 Å². The Morgan fingerprint density at radius 2 is 1.93 bits per heavy atom. The van der Waals surface area contributed by atoms with E-state index in [2.05, 4.69) is 39.6 Å². The number of carbonyl (C=O) groups excluding carboxylic acids is 2. The number of benzene rings is 2. The van der Waals surface area contributed by atoms with Crippen LogP contribution in [0.5, 0.6) is 0 Å². The van der Waals surface area contributed by atoms with Crippen molar-refractivity contribution < 1.29 is 9.59 Å². The van der Waals surface area contributed by atoms with Crippen molar-refractivity contribution in [1.82, 2.24) is 10.2 Å². The van der Waals surface area contributed by atoms with Crippen molar-refractivity contribution in [1.29, 1.82) is 0 Å². The normalized spacial score (nSPS) is 17.3. The van der Waals surface area contributed by atoms with E-state index in [1.165, 1.54) is 5.69 Å². The molecule has 2 aromatic carbocycles. The number of likely N-dealkylation sites (N-methyl/N-ethyl adjacent to an activating group) is 1. The first-order valence-electron chi connectivity index (χ1n) is 9.96. The molecule has 1 saturated heterocycles. The van der Waals surface area contributed by atoms with Crippen molar-refractivity contribution in [2.24, 2.45) is 0 Å². The molecule has 4 rings (SSSR count). The van der Waals surface area contributed by atoms with Gasteiger partial charge in [0.25, 0.3) is 5.91 Å². The van der Waals surface area contributed by atoms with Gasteiger partial charge in [0.15, 0.2) is 0 Å². The Labute approximate surface area is 175 Å². The van der Waals surface area contributed by atoms with Gasteiger partial charge in [0.05, 0.1) is 5.69 Å². The summed E-state index contributed by atoms with van der Waals surface area (Å²) in [7, 11) is 2.14. The lowest BCUT2D eigenvalue weighted by atomic mass is 10.1. The third-order valence-corrected chi connectivity index (χ3v) is 6.45. The minimum atomic E-state index is -0.135. The van der Waals surface area contributed by atoms with E-state index in [9.17, 15) is 9.59 Å². The molecule has 0 aromatic heterocycles. The lowest BCUT2D eigenvalue weighted by Gasteiger charge is -2.35. The summed E-state index contributed by atoms with van der Waals surface area (Å²) in [6.07, 6.45) is 0.490. The fourth-order valence-electron chi connectivity index (χ4n) is 3.65. The van der Waals surface area contributed by atoms with Crippen LogP contribution in [0.1, 0.15) is 22.3 Å². The van der Waals surface area contributed by atoms with Crippen LogP contribution in [0.15, 0.2) is 47.4 Å². The van der Waals surface area contributed by atoms with Crippen LogP contribution < -0.4 is 15.5 Å². The number of para-hydroxylation sites is 1. The van der Waals surface area contributed by atoms with Gasteiger partial charge in [-0.15, -0.1) is 11.8 Å². The molecule has 6 nitrogen and oxygen atoms in total. The number of nitrogens with one attached hydrogen (secondary N) is 2. The van der Waals surface area contributed by atoms with Crippen molar-refractivity contribution >= 4 is 35.0 Å². The van der Waals surface area contributed by atoms with Gasteiger partial charge in [0.1, 0.15) is 0 Å². The van der Waals surface area contributed by atoms with Gasteiger partial charge in [-0.25, -0.2) is 0 Å². The number of hydrogen-bond acceptors (Lipinski definition) is 5. The highest BCUT2D eigenvalue weighted by Crippen LogP contribution is 2.31. The molecule has 152 valence electrons. The van der Waals surface area contributed by atoms with E-state index in [-0.39, 0.29) is 11.8 Å². The summed E-state index contributed by atoms with van der Waals surface area (Å²) in [6.45, 7) is 4.53. The van der Waals surface area contributed by atoms with Crippen molar-refractivity contribution in [2.45, 2.75) is 17.9 Å². The maximum Gasteiger partial charge on any atom is 0.251 e. The van der Waals surface area contributed by atoms with Crippen molar-refractivity contribution in [2.75, 3.05) is 49.2 Å². The molecule has 0 bridgehead atoms. The van der Waals surface area contributed by atoms with Crippen LogP contribution in [-0.4, -0.2) is 55.7 Å². The molecule has 2 heterocycles. The largest absolute Gasteiger partial charge is 0.369 e. The smallest absolute Gasteiger partial charge is 0.251 e. The molecule has 0 aliphatic carbocycles. The van der Waals surface area contributed by atoms with Crippen molar-refractivity contribution in [3.63, 3.8) is 0 Å². The minimum absolute atomic E-state index is 0.00471. The Morgan fingerprint density at radius 3 is 2.76 bits per heavy atom. The average molecular weight is 411 g/mol. The fraction of sp³-hybridized carbons (Fsp3) is 0.364. The molecular weight excluding hydrogens is 384 g/mol. The Morgan fingerprint density at radius 1 is 1.14 bits per heavy atom. The van der Waals surface area contributed by atoms with E-state index in [1.807, 2.05) is 24.3 Å². The number of carbonyl (C=O) groups is 2. The third-order valence-electron chi connectivity index (χ3n) is 5.38. The van der Waals surface area contributed by atoms with Crippen molar-refractivity contribution in [3.8, 4) is 0 Å². The summed E-state index contributed by atoms with van der Waals surface area (Å²) >= 11 is 1.64. The van der Waals surface area contributed by atoms with Gasteiger partial charge in [0.2, 0.25) is 5.91 Å². The second kappa shape index (κ2) is 8.88. The standard InChI is InChI=1S/C22H26N4O2S/c1-25-9-11-26(12-10-25)19-5-3-2-4-17(19)15-23-22(28)16-6-7-20-18(14-16)24-21(27)8-13-29-20/h2-7,14H,8-13,15H2,1H3,(H,23,28)(H,24,27). The molecule has 2 aliphatic rings. The van der Waals surface area contributed by atoms with Crippen molar-refractivity contribution in [3.05, 3.63) is 53.6 Å². The Balaban J connectivity index is 1.45. The highest BCUT2D eigenvalue weighted by molar-refractivity contribution is 7.99.